The van der Waals surface area contributed by atoms with Crippen molar-refractivity contribution in [3.63, 3.8) is 0 Å². The highest BCUT2D eigenvalue weighted by molar-refractivity contribution is 5.98. The first kappa shape index (κ1) is 25.8. The van der Waals surface area contributed by atoms with Crippen molar-refractivity contribution in [2.24, 2.45) is 5.73 Å². The van der Waals surface area contributed by atoms with E-state index in [2.05, 4.69) is 11.4 Å². The van der Waals surface area contributed by atoms with Crippen LogP contribution in [0.4, 0.5) is 16.3 Å². The van der Waals surface area contributed by atoms with Gasteiger partial charge in [-0.3, -0.25) is 9.48 Å². The van der Waals surface area contributed by atoms with Gasteiger partial charge in [0.1, 0.15) is 11.2 Å². The summed E-state index contributed by atoms with van der Waals surface area (Å²) in [6.45, 7) is 6.30. The van der Waals surface area contributed by atoms with Crippen LogP contribution in [-0.4, -0.2) is 45.4 Å². The lowest BCUT2D eigenvalue weighted by Gasteiger charge is -2.40. The van der Waals surface area contributed by atoms with Crippen LogP contribution < -0.4 is 11.1 Å². The first-order valence-corrected chi connectivity index (χ1v) is 12.3. The first-order chi connectivity index (χ1) is 17.6. The topological polar surface area (TPSA) is 126 Å². The van der Waals surface area contributed by atoms with E-state index >= 15 is 0 Å². The molecule has 0 unspecified atom stereocenters. The average molecular weight is 501 g/mol. The van der Waals surface area contributed by atoms with E-state index in [0.717, 1.165) is 16.8 Å². The number of nitrogens with zero attached hydrogens (tertiary/aromatic N) is 4. The second-order valence-corrected chi connectivity index (χ2v) is 10.3. The number of carbonyl (C=O) groups excluding carboxylic acids is 2. The van der Waals surface area contributed by atoms with Crippen LogP contribution in [0.1, 0.15) is 50.4 Å². The van der Waals surface area contributed by atoms with Crippen LogP contribution >= 0.6 is 0 Å². The number of nitrogens with two attached hydrogens (primary N) is 1. The van der Waals surface area contributed by atoms with Crippen LogP contribution in [0, 0.1) is 11.3 Å². The highest BCUT2D eigenvalue weighted by atomic mass is 16.6. The first-order valence-electron chi connectivity index (χ1n) is 12.3. The van der Waals surface area contributed by atoms with E-state index in [0.29, 0.717) is 31.7 Å². The van der Waals surface area contributed by atoms with Crippen LogP contribution in [-0.2, 0) is 10.3 Å². The molecule has 2 amide bonds. The molecule has 4 rings (SSSR count). The molecule has 2 aromatic carbocycles. The van der Waals surface area contributed by atoms with E-state index in [1.165, 1.54) is 0 Å². The highest BCUT2D eigenvalue weighted by Gasteiger charge is 2.40. The Bertz CT molecular complexity index is 1310. The summed E-state index contributed by atoms with van der Waals surface area (Å²) in [7, 11) is 0. The summed E-state index contributed by atoms with van der Waals surface area (Å²) in [4.78, 5) is 26.5. The Kier molecular flexibility index (Phi) is 7.21. The van der Waals surface area contributed by atoms with Crippen molar-refractivity contribution in [1.29, 1.82) is 5.26 Å². The highest BCUT2D eigenvalue weighted by Crippen LogP contribution is 2.35. The van der Waals surface area contributed by atoms with Gasteiger partial charge in [-0.15, -0.1) is 0 Å². The third-order valence-corrected chi connectivity index (χ3v) is 6.45. The number of nitriles is 1. The molecule has 3 aromatic rings. The number of aromatic nitrogens is 2. The number of rotatable bonds is 6. The number of carbonyl (C=O) groups is 2. The number of ether oxygens (including phenoxy) is 1. The molecule has 3 N–H and O–H groups in total. The van der Waals surface area contributed by atoms with E-state index in [1.54, 1.807) is 15.8 Å². The number of hydrogen-bond donors (Lipinski definition) is 2. The SMILES string of the molecule is CC(C)(C)OC(=O)N1CCC(CC#N)(n2cc(C(N)=O)c(Nc3cccc(-c4ccccc4)c3)n2)CC1. The minimum Gasteiger partial charge on any atom is -0.444 e. The van der Waals surface area contributed by atoms with Crippen LogP contribution in [0.2, 0.25) is 0 Å². The zero-order valence-corrected chi connectivity index (χ0v) is 21.4. The lowest BCUT2D eigenvalue weighted by atomic mass is 9.85. The monoisotopic (exact) mass is 500 g/mol. The lowest BCUT2D eigenvalue weighted by Crippen LogP contribution is -2.49. The van der Waals surface area contributed by atoms with Crippen molar-refractivity contribution in [2.75, 3.05) is 18.4 Å². The summed E-state index contributed by atoms with van der Waals surface area (Å²) >= 11 is 0. The van der Waals surface area contributed by atoms with Crippen molar-refractivity contribution in [2.45, 2.75) is 51.2 Å². The Morgan fingerprint density at radius 3 is 2.41 bits per heavy atom. The summed E-state index contributed by atoms with van der Waals surface area (Å²) in [5, 5.41) is 17.6. The Balaban J connectivity index is 1.59. The lowest BCUT2D eigenvalue weighted by molar-refractivity contribution is 0.0105. The molecule has 9 nitrogen and oxygen atoms in total. The summed E-state index contributed by atoms with van der Waals surface area (Å²) < 4.78 is 7.17. The summed E-state index contributed by atoms with van der Waals surface area (Å²) in [5.74, 6) is -0.295. The minimum atomic E-state index is -0.677. The van der Waals surface area contributed by atoms with Gasteiger partial charge in [0.2, 0.25) is 0 Å². The number of hydrogen-bond acceptors (Lipinski definition) is 6. The van der Waals surface area contributed by atoms with Gasteiger partial charge in [0.25, 0.3) is 5.91 Å². The van der Waals surface area contributed by atoms with Gasteiger partial charge in [-0.1, -0.05) is 42.5 Å². The van der Waals surface area contributed by atoms with Gasteiger partial charge < -0.3 is 20.7 Å². The van der Waals surface area contributed by atoms with Gasteiger partial charge in [0.15, 0.2) is 5.82 Å². The van der Waals surface area contributed by atoms with Crippen LogP contribution in [0.5, 0.6) is 0 Å². The predicted molar refractivity (Wildman–Crippen MR) is 141 cm³/mol. The standard InChI is InChI=1S/C28H32N6O3/c1-27(2,3)37-26(36)33-16-13-28(12-15-29,14-17-33)34-19-23(24(30)35)25(32-34)31-22-11-7-10-21(18-22)20-8-5-4-6-9-20/h4-11,18-19H,12-14,16-17H2,1-3H3,(H2,30,35)(H,31,32). The molecule has 1 aliphatic rings. The molecule has 0 aliphatic carbocycles. The van der Waals surface area contributed by atoms with Gasteiger partial charge in [0, 0.05) is 25.0 Å². The Hall–Kier alpha value is -4.32. The quantitative estimate of drug-likeness (QED) is 0.489. The second-order valence-electron chi connectivity index (χ2n) is 10.3. The number of amides is 2. The molecule has 37 heavy (non-hydrogen) atoms. The number of anilines is 2. The summed E-state index contributed by atoms with van der Waals surface area (Å²) in [6, 6.07) is 20.0. The number of likely N-dealkylation sites (tertiary alicyclic amines) is 1. The Morgan fingerprint density at radius 1 is 1.11 bits per heavy atom. The molecule has 2 heterocycles. The van der Waals surface area contributed by atoms with E-state index in [4.69, 9.17) is 15.6 Å². The molecular weight excluding hydrogens is 468 g/mol. The van der Waals surface area contributed by atoms with Gasteiger partial charge in [-0.25, -0.2) is 4.79 Å². The van der Waals surface area contributed by atoms with Crippen LogP contribution in [0.15, 0.2) is 60.8 Å². The second kappa shape index (κ2) is 10.3. The van der Waals surface area contributed by atoms with Crippen molar-refractivity contribution in [3.05, 3.63) is 66.4 Å². The minimum absolute atomic E-state index is 0.179. The third kappa shape index (κ3) is 5.92. The number of primary amides is 1. The fourth-order valence-electron chi connectivity index (χ4n) is 4.50. The zero-order chi connectivity index (χ0) is 26.6. The fraction of sp³-hybridized carbons (Fsp3) is 0.357. The normalized spacial score (nSPS) is 15.0. The maximum absolute atomic E-state index is 12.5. The summed E-state index contributed by atoms with van der Waals surface area (Å²) in [5.41, 5.74) is 7.50. The van der Waals surface area contributed by atoms with Gasteiger partial charge in [-0.05, 0) is 56.9 Å². The van der Waals surface area contributed by atoms with Crippen molar-refractivity contribution in [3.8, 4) is 17.2 Å². The van der Waals surface area contributed by atoms with Gasteiger partial charge >= 0.3 is 6.09 Å². The average Bonchev–Trinajstić information content (AvgIpc) is 3.29. The third-order valence-electron chi connectivity index (χ3n) is 6.45. The molecule has 1 aliphatic heterocycles. The molecular formula is C28H32N6O3. The molecule has 192 valence electrons. The van der Waals surface area contributed by atoms with E-state index in [9.17, 15) is 14.9 Å². The summed E-state index contributed by atoms with van der Waals surface area (Å²) in [6.07, 6.45) is 2.38. The number of benzene rings is 2. The Morgan fingerprint density at radius 2 is 1.78 bits per heavy atom. The number of nitrogens with one attached hydrogen (secondary N) is 1. The fourth-order valence-corrected chi connectivity index (χ4v) is 4.50. The predicted octanol–water partition coefficient (Wildman–Crippen LogP) is 5.03. The van der Waals surface area contributed by atoms with Gasteiger partial charge in [-0.2, -0.15) is 10.4 Å². The van der Waals surface area contributed by atoms with Crippen LogP contribution in [0.3, 0.4) is 0 Å². The van der Waals surface area contributed by atoms with E-state index < -0.39 is 17.0 Å². The molecule has 9 heteroatoms. The van der Waals surface area contributed by atoms with E-state index in [1.807, 2.05) is 75.4 Å². The van der Waals surface area contributed by atoms with Crippen LogP contribution in [0.25, 0.3) is 11.1 Å². The van der Waals surface area contributed by atoms with Crippen molar-refractivity contribution < 1.29 is 14.3 Å². The maximum Gasteiger partial charge on any atom is 0.410 e. The molecule has 1 aromatic heterocycles. The molecule has 1 saturated heterocycles. The largest absolute Gasteiger partial charge is 0.444 e. The van der Waals surface area contributed by atoms with Gasteiger partial charge in [0.05, 0.1) is 18.0 Å². The zero-order valence-electron chi connectivity index (χ0n) is 21.4. The smallest absolute Gasteiger partial charge is 0.410 e. The molecule has 0 atom stereocenters. The molecule has 0 bridgehead atoms. The van der Waals surface area contributed by atoms with Crippen molar-refractivity contribution in [1.82, 2.24) is 14.7 Å². The molecule has 0 saturated carbocycles. The molecule has 0 radical (unpaired) electrons. The van der Waals surface area contributed by atoms with E-state index in [-0.39, 0.29) is 18.1 Å². The number of piperidine rings is 1. The van der Waals surface area contributed by atoms with Crippen molar-refractivity contribution >= 4 is 23.5 Å². The maximum atomic E-state index is 12.5. The molecule has 1 fully saturated rings. The Labute approximate surface area is 216 Å². The molecule has 0 spiro atoms.